The summed E-state index contributed by atoms with van der Waals surface area (Å²) in [6.07, 6.45) is 0.658. The monoisotopic (exact) mass is 319 g/mol. The van der Waals surface area contributed by atoms with Gasteiger partial charge < -0.3 is 15.8 Å². The third kappa shape index (κ3) is 3.69. The Hall–Kier alpha value is -2.25. The second-order valence-electron chi connectivity index (χ2n) is 4.64. The number of thiazole rings is 1. The van der Waals surface area contributed by atoms with Crippen LogP contribution in [-0.2, 0) is 11.2 Å². The molecule has 22 heavy (non-hydrogen) atoms. The van der Waals surface area contributed by atoms with Crippen LogP contribution < -0.4 is 11.1 Å². The Balaban J connectivity index is 2.11. The number of nitrogens with one attached hydrogen (secondary N) is 1. The molecule has 3 N–H and O–H groups in total. The van der Waals surface area contributed by atoms with Crippen molar-refractivity contribution in [2.24, 2.45) is 5.73 Å². The zero-order valence-electron chi connectivity index (χ0n) is 12.4. The van der Waals surface area contributed by atoms with Crippen LogP contribution in [0.5, 0.6) is 0 Å². The van der Waals surface area contributed by atoms with E-state index in [1.54, 1.807) is 30.5 Å². The first kappa shape index (κ1) is 16.1. The lowest BCUT2D eigenvalue weighted by Gasteiger charge is -2.07. The van der Waals surface area contributed by atoms with Crippen LogP contribution >= 0.6 is 11.3 Å². The first-order chi connectivity index (χ1) is 10.5. The summed E-state index contributed by atoms with van der Waals surface area (Å²) in [4.78, 5) is 27.9. The molecule has 1 aromatic heterocycles. The minimum Gasteiger partial charge on any atom is -0.465 e. The molecule has 0 saturated carbocycles. The highest BCUT2D eigenvalue weighted by Crippen LogP contribution is 2.18. The van der Waals surface area contributed by atoms with Gasteiger partial charge in [-0.3, -0.25) is 4.79 Å². The van der Waals surface area contributed by atoms with E-state index >= 15 is 0 Å². The number of aromatic nitrogens is 1. The van der Waals surface area contributed by atoms with Crippen molar-refractivity contribution in [2.75, 3.05) is 19.0 Å². The third-order valence-corrected chi connectivity index (χ3v) is 3.94. The normalized spacial score (nSPS) is 10.3. The molecule has 6 nitrogen and oxygen atoms in total. The molecular formula is C15H17N3O3S. The number of amides is 1. The van der Waals surface area contributed by atoms with Gasteiger partial charge >= 0.3 is 5.97 Å². The molecule has 116 valence electrons. The average molecular weight is 319 g/mol. The van der Waals surface area contributed by atoms with Gasteiger partial charge in [0.05, 0.1) is 17.7 Å². The van der Waals surface area contributed by atoms with Crippen LogP contribution in [0.2, 0.25) is 0 Å². The highest BCUT2D eigenvalue weighted by atomic mass is 32.1. The quantitative estimate of drug-likeness (QED) is 0.822. The number of nitrogens with two attached hydrogens (primary N) is 1. The summed E-state index contributed by atoms with van der Waals surface area (Å²) in [6.45, 7) is 2.28. The lowest BCUT2D eigenvalue weighted by atomic mass is 10.1. The zero-order valence-corrected chi connectivity index (χ0v) is 13.2. The van der Waals surface area contributed by atoms with E-state index in [9.17, 15) is 9.59 Å². The minimum atomic E-state index is -0.402. The summed E-state index contributed by atoms with van der Waals surface area (Å²) in [7, 11) is 1.33. The molecule has 0 aliphatic rings. The van der Waals surface area contributed by atoms with Crippen LogP contribution in [0.25, 0.3) is 0 Å². The number of carbonyl (C=O) groups is 2. The van der Waals surface area contributed by atoms with E-state index in [2.05, 4.69) is 15.0 Å². The van der Waals surface area contributed by atoms with Crippen molar-refractivity contribution in [1.82, 2.24) is 4.98 Å². The highest BCUT2D eigenvalue weighted by molar-refractivity contribution is 7.09. The number of hydrogen-bond acceptors (Lipinski definition) is 6. The van der Waals surface area contributed by atoms with Crippen LogP contribution in [0, 0.1) is 6.92 Å². The molecule has 0 unspecified atom stereocenters. The van der Waals surface area contributed by atoms with E-state index < -0.39 is 5.97 Å². The number of esters is 1. The van der Waals surface area contributed by atoms with Gasteiger partial charge in [0.2, 0.25) is 0 Å². The molecule has 0 spiro atoms. The lowest BCUT2D eigenvalue weighted by Crippen LogP contribution is -2.13. The van der Waals surface area contributed by atoms with Gasteiger partial charge in [-0.15, -0.1) is 11.3 Å². The number of hydrogen-bond donors (Lipinski definition) is 2. The molecule has 0 saturated heterocycles. The molecular weight excluding hydrogens is 302 g/mol. The van der Waals surface area contributed by atoms with E-state index in [4.69, 9.17) is 5.73 Å². The van der Waals surface area contributed by atoms with Crippen molar-refractivity contribution in [3.8, 4) is 0 Å². The average Bonchev–Trinajstić information content (AvgIpc) is 2.96. The molecule has 0 radical (unpaired) electrons. The SMILES string of the molecule is COC(=O)c1ccc(NC(=O)c2csc(CCN)n2)cc1C. The molecule has 0 aliphatic carbocycles. The van der Waals surface area contributed by atoms with E-state index in [0.717, 1.165) is 10.6 Å². The van der Waals surface area contributed by atoms with Crippen LogP contribution in [0.1, 0.15) is 31.4 Å². The smallest absolute Gasteiger partial charge is 0.338 e. The largest absolute Gasteiger partial charge is 0.465 e. The van der Waals surface area contributed by atoms with Crippen LogP contribution in [0.4, 0.5) is 5.69 Å². The maximum Gasteiger partial charge on any atom is 0.338 e. The molecule has 0 fully saturated rings. The zero-order chi connectivity index (χ0) is 16.1. The van der Waals surface area contributed by atoms with Crippen molar-refractivity contribution in [3.05, 3.63) is 45.4 Å². The number of ether oxygens (including phenoxy) is 1. The van der Waals surface area contributed by atoms with Gasteiger partial charge in [-0.05, 0) is 37.2 Å². The van der Waals surface area contributed by atoms with E-state index in [1.807, 2.05) is 0 Å². The lowest BCUT2D eigenvalue weighted by molar-refractivity contribution is 0.0600. The Morgan fingerprint density at radius 2 is 2.18 bits per heavy atom. The maximum absolute atomic E-state index is 12.1. The number of benzene rings is 1. The predicted molar refractivity (Wildman–Crippen MR) is 85.3 cm³/mol. The van der Waals surface area contributed by atoms with Crippen molar-refractivity contribution in [1.29, 1.82) is 0 Å². The van der Waals surface area contributed by atoms with Gasteiger partial charge in [0.15, 0.2) is 0 Å². The van der Waals surface area contributed by atoms with Gasteiger partial charge in [0.25, 0.3) is 5.91 Å². The summed E-state index contributed by atoms with van der Waals surface area (Å²) in [6, 6.07) is 5.00. The fourth-order valence-corrected chi connectivity index (χ4v) is 2.72. The van der Waals surface area contributed by atoms with Crippen molar-refractivity contribution >= 4 is 28.9 Å². The summed E-state index contributed by atoms with van der Waals surface area (Å²) in [5.41, 5.74) is 7.63. The van der Waals surface area contributed by atoms with Crippen LogP contribution in [-0.4, -0.2) is 30.5 Å². The number of nitrogens with zero attached hydrogens (tertiary/aromatic N) is 1. The van der Waals surface area contributed by atoms with Crippen LogP contribution in [0.15, 0.2) is 23.6 Å². The molecule has 0 bridgehead atoms. The summed E-state index contributed by atoms with van der Waals surface area (Å²) >= 11 is 1.41. The number of rotatable bonds is 5. The minimum absolute atomic E-state index is 0.287. The molecule has 0 aliphatic heterocycles. The maximum atomic E-state index is 12.1. The second kappa shape index (κ2) is 7.15. The number of anilines is 1. The first-order valence-electron chi connectivity index (χ1n) is 6.70. The van der Waals surface area contributed by atoms with E-state index in [0.29, 0.717) is 29.9 Å². The number of carbonyl (C=O) groups excluding carboxylic acids is 2. The second-order valence-corrected chi connectivity index (χ2v) is 5.58. The standard InChI is InChI=1S/C15H17N3O3S/c1-9-7-10(3-4-11(9)15(20)21-2)17-14(19)12-8-22-13(18-12)5-6-16/h3-4,7-8H,5-6,16H2,1-2H3,(H,17,19). The van der Waals surface area contributed by atoms with E-state index in [1.165, 1.54) is 18.4 Å². The molecule has 2 rings (SSSR count). The first-order valence-corrected chi connectivity index (χ1v) is 7.58. The topological polar surface area (TPSA) is 94.3 Å². The Morgan fingerprint density at radius 3 is 2.82 bits per heavy atom. The predicted octanol–water partition coefficient (Wildman–Crippen LogP) is 1.99. The van der Waals surface area contributed by atoms with Gasteiger partial charge in [-0.2, -0.15) is 0 Å². The molecule has 0 atom stereocenters. The van der Waals surface area contributed by atoms with Gasteiger partial charge in [0, 0.05) is 17.5 Å². The van der Waals surface area contributed by atoms with Crippen molar-refractivity contribution in [3.63, 3.8) is 0 Å². The summed E-state index contributed by atoms with van der Waals surface area (Å²) < 4.78 is 4.69. The fraction of sp³-hybridized carbons (Fsp3) is 0.267. The Bertz CT molecular complexity index is 697. The van der Waals surface area contributed by atoms with E-state index in [-0.39, 0.29) is 5.91 Å². The van der Waals surface area contributed by atoms with Gasteiger partial charge in [0.1, 0.15) is 5.69 Å². The molecule has 1 amide bonds. The summed E-state index contributed by atoms with van der Waals surface area (Å²) in [5.74, 6) is -0.689. The fourth-order valence-electron chi connectivity index (χ4n) is 1.93. The third-order valence-electron chi connectivity index (χ3n) is 3.03. The molecule has 1 aromatic carbocycles. The van der Waals surface area contributed by atoms with Crippen molar-refractivity contribution in [2.45, 2.75) is 13.3 Å². The molecule has 2 aromatic rings. The van der Waals surface area contributed by atoms with Gasteiger partial charge in [-0.1, -0.05) is 0 Å². The highest BCUT2D eigenvalue weighted by Gasteiger charge is 2.13. The van der Waals surface area contributed by atoms with Crippen molar-refractivity contribution < 1.29 is 14.3 Å². The number of aryl methyl sites for hydroxylation is 1. The Labute approximate surface area is 132 Å². The summed E-state index contributed by atoms with van der Waals surface area (Å²) in [5, 5.41) is 5.30. The number of methoxy groups -OCH3 is 1. The Morgan fingerprint density at radius 1 is 1.41 bits per heavy atom. The molecule has 1 heterocycles. The Kier molecular flexibility index (Phi) is 5.24. The molecule has 7 heteroatoms. The van der Waals surface area contributed by atoms with Gasteiger partial charge in [-0.25, -0.2) is 9.78 Å². The van der Waals surface area contributed by atoms with Crippen LogP contribution in [0.3, 0.4) is 0 Å².